The zero-order valence-electron chi connectivity index (χ0n) is 11.7. The first-order chi connectivity index (χ1) is 9.26. The summed E-state index contributed by atoms with van der Waals surface area (Å²) in [7, 11) is 1.03. The van der Waals surface area contributed by atoms with Crippen molar-refractivity contribution in [2.45, 2.75) is 0 Å². The van der Waals surface area contributed by atoms with Gasteiger partial charge in [-0.25, -0.2) is 12.7 Å². The fourth-order valence-corrected chi connectivity index (χ4v) is 2.17. The Kier molecular flexibility index (Phi) is 5.34. The predicted octanol–water partition coefficient (Wildman–Crippen LogP) is -0.101. The molecule has 1 amide bonds. The van der Waals surface area contributed by atoms with E-state index in [2.05, 4.69) is 5.32 Å². The van der Waals surface area contributed by atoms with Gasteiger partial charge < -0.3 is 15.8 Å². The summed E-state index contributed by atoms with van der Waals surface area (Å²) in [4.78, 5) is 11.9. The zero-order valence-corrected chi connectivity index (χ0v) is 12.5. The van der Waals surface area contributed by atoms with E-state index in [4.69, 9.17) is 10.5 Å². The molecular formula is C12H19N3O4S. The maximum absolute atomic E-state index is 11.9. The monoisotopic (exact) mass is 301 g/mol. The Morgan fingerprint density at radius 2 is 2.00 bits per heavy atom. The normalized spacial score (nSPS) is 11.4. The highest BCUT2D eigenvalue weighted by molar-refractivity contribution is 7.89. The topological polar surface area (TPSA) is 102 Å². The second kappa shape index (κ2) is 6.58. The largest absolute Gasteiger partial charge is 0.497 e. The van der Waals surface area contributed by atoms with Crippen LogP contribution in [0.2, 0.25) is 0 Å². The van der Waals surface area contributed by atoms with Gasteiger partial charge in [0.05, 0.1) is 12.9 Å². The van der Waals surface area contributed by atoms with E-state index in [9.17, 15) is 13.2 Å². The summed E-state index contributed by atoms with van der Waals surface area (Å²) in [6.07, 6.45) is 0. The van der Waals surface area contributed by atoms with Crippen molar-refractivity contribution in [1.29, 1.82) is 0 Å². The molecule has 0 aliphatic rings. The molecule has 1 aromatic rings. The van der Waals surface area contributed by atoms with E-state index in [1.54, 1.807) is 6.07 Å². The van der Waals surface area contributed by atoms with E-state index < -0.39 is 15.9 Å². The van der Waals surface area contributed by atoms with E-state index in [1.807, 2.05) is 0 Å². The molecule has 0 heterocycles. The summed E-state index contributed by atoms with van der Waals surface area (Å²) in [6.45, 7) is 0.0243. The van der Waals surface area contributed by atoms with Gasteiger partial charge in [-0.2, -0.15) is 0 Å². The van der Waals surface area contributed by atoms with Crippen molar-refractivity contribution in [3.63, 3.8) is 0 Å². The molecule has 0 radical (unpaired) electrons. The molecule has 0 fully saturated rings. The number of sulfonamides is 1. The van der Waals surface area contributed by atoms with Gasteiger partial charge in [0, 0.05) is 38.0 Å². The fourth-order valence-electron chi connectivity index (χ4n) is 1.45. The Hall–Kier alpha value is -1.80. The van der Waals surface area contributed by atoms with Crippen molar-refractivity contribution in [1.82, 2.24) is 9.62 Å². The highest BCUT2D eigenvalue weighted by atomic mass is 32.2. The molecule has 7 nitrogen and oxygen atoms in total. The number of carbonyl (C=O) groups is 1. The molecule has 0 saturated heterocycles. The molecule has 20 heavy (non-hydrogen) atoms. The second-order valence-electron chi connectivity index (χ2n) is 4.35. The first-order valence-corrected chi connectivity index (χ1v) is 7.50. The van der Waals surface area contributed by atoms with Gasteiger partial charge in [0.1, 0.15) is 5.75 Å². The number of benzene rings is 1. The van der Waals surface area contributed by atoms with Gasteiger partial charge >= 0.3 is 0 Å². The van der Waals surface area contributed by atoms with Crippen molar-refractivity contribution in [2.24, 2.45) is 0 Å². The van der Waals surface area contributed by atoms with Crippen molar-refractivity contribution >= 4 is 21.6 Å². The molecule has 0 unspecified atom stereocenters. The average Bonchev–Trinajstić information content (AvgIpc) is 2.37. The Morgan fingerprint density at radius 1 is 1.35 bits per heavy atom. The first-order valence-electron chi connectivity index (χ1n) is 5.89. The maximum atomic E-state index is 11.9. The van der Waals surface area contributed by atoms with Crippen LogP contribution in [0.25, 0.3) is 0 Å². The van der Waals surface area contributed by atoms with Crippen molar-refractivity contribution in [3.05, 3.63) is 23.8 Å². The van der Waals surface area contributed by atoms with Crippen LogP contribution in [-0.2, 0) is 10.0 Å². The summed E-state index contributed by atoms with van der Waals surface area (Å²) >= 11 is 0. The van der Waals surface area contributed by atoms with Crippen LogP contribution in [0, 0.1) is 0 Å². The molecule has 0 aliphatic heterocycles. The van der Waals surface area contributed by atoms with Crippen LogP contribution >= 0.6 is 0 Å². The van der Waals surface area contributed by atoms with Crippen LogP contribution in [0.1, 0.15) is 10.4 Å². The minimum atomic E-state index is -3.33. The smallest absolute Gasteiger partial charge is 0.251 e. The number of hydrogen-bond donors (Lipinski definition) is 2. The van der Waals surface area contributed by atoms with Crippen molar-refractivity contribution < 1.29 is 17.9 Å². The third-order valence-corrected chi connectivity index (χ3v) is 4.46. The van der Waals surface area contributed by atoms with E-state index in [0.717, 1.165) is 4.31 Å². The average molecular weight is 301 g/mol. The predicted molar refractivity (Wildman–Crippen MR) is 77.2 cm³/mol. The third-order valence-electron chi connectivity index (χ3n) is 2.63. The number of nitrogens with two attached hydrogens (primary N) is 1. The maximum Gasteiger partial charge on any atom is 0.251 e. The molecule has 0 atom stereocenters. The Bertz CT molecular complexity index is 584. The summed E-state index contributed by atoms with van der Waals surface area (Å²) in [5, 5.41) is 2.53. The van der Waals surface area contributed by atoms with Gasteiger partial charge in [0.15, 0.2) is 0 Å². The Morgan fingerprint density at radius 3 is 2.55 bits per heavy atom. The van der Waals surface area contributed by atoms with E-state index >= 15 is 0 Å². The molecule has 1 rings (SSSR count). The summed E-state index contributed by atoms with van der Waals surface area (Å²) < 4.78 is 29.2. The van der Waals surface area contributed by atoms with Gasteiger partial charge in [-0.05, 0) is 12.1 Å². The summed E-state index contributed by atoms with van der Waals surface area (Å²) in [5.41, 5.74) is 6.37. The lowest BCUT2D eigenvalue weighted by Gasteiger charge is -2.12. The Labute approximate surface area is 118 Å². The molecule has 3 N–H and O–H groups in total. The SMILES string of the molecule is COc1cc(N)cc(C(=O)NCCS(=O)(=O)N(C)C)c1. The molecule has 0 saturated carbocycles. The number of amides is 1. The second-order valence-corrected chi connectivity index (χ2v) is 6.65. The van der Waals surface area contributed by atoms with Gasteiger partial charge in [-0.1, -0.05) is 0 Å². The van der Waals surface area contributed by atoms with E-state index in [1.165, 1.54) is 33.3 Å². The molecule has 0 aromatic heterocycles. The lowest BCUT2D eigenvalue weighted by molar-refractivity contribution is 0.0955. The van der Waals surface area contributed by atoms with Gasteiger partial charge in [0.2, 0.25) is 10.0 Å². The number of ether oxygens (including phenoxy) is 1. The third kappa shape index (κ3) is 4.39. The molecule has 112 valence electrons. The number of nitrogens with zero attached hydrogens (tertiary/aromatic N) is 1. The first kappa shape index (κ1) is 16.3. The molecule has 1 aromatic carbocycles. The number of methoxy groups -OCH3 is 1. The minimum absolute atomic E-state index is 0.0243. The fraction of sp³-hybridized carbons (Fsp3) is 0.417. The lowest BCUT2D eigenvalue weighted by atomic mass is 10.2. The van der Waals surface area contributed by atoms with Gasteiger partial charge in [0.25, 0.3) is 5.91 Å². The number of nitrogen functional groups attached to an aromatic ring is 1. The van der Waals surface area contributed by atoms with E-state index in [0.29, 0.717) is 17.0 Å². The van der Waals surface area contributed by atoms with Gasteiger partial charge in [-0.3, -0.25) is 4.79 Å². The van der Waals surface area contributed by atoms with Crippen molar-refractivity contribution in [2.75, 3.05) is 39.2 Å². The quantitative estimate of drug-likeness (QED) is 0.714. The minimum Gasteiger partial charge on any atom is -0.497 e. The molecule has 0 spiro atoms. The molecular weight excluding hydrogens is 282 g/mol. The van der Waals surface area contributed by atoms with Crippen LogP contribution in [0.3, 0.4) is 0 Å². The van der Waals surface area contributed by atoms with Crippen molar-refractivity contribution in [3.8, 4) is 5.75 Å². The van der Waals surface area contributed by atoms with Crippen LogP contribution in [0.4, 0.5) is 5.69 Å². The summed E-state index contributed by atoms with van der Waals surface area (Å²) in [6, 6.07) is 4.62. The van der Waals surface area contributed by atoms with Crippen LogP contribution < -0.4 is 15.8 Å². The van der Waals surface area contributed by atoms with E-state index in [-0.39, 0.29) is 12.3 Å². The van der Waals surface area contributed by atoms with Crippen LogP contribution in [0.15, 0.2) is 18.2 Å². The number of anilines is 1. The standard InChI is InChI=1S/C12H19N3O4S/c1-15(2)20(17,18)5-4-14-12(16)9-6-10(13)8-11(7-9)19-3/h6-8H,4-5,13H2,1-3H3,(H,14,16). The highest BCUT2D eigenvalue weighted by Crippen LogP contribution is 2.18. The number of carbonyl (C=O) groups excluding carboxylic acids is 1. The number of rotatable bonds is 6. The Balaban J connectivity index is 2.66. The highest BCUT2D eigenvalue weighted by Gasteiger charge is 2.14. The number of hydrogen-bond acceptors (Lipinski definition) is 5. The van der Waals surface area contributed by atoms with Crippen LogP contribution in [0.5, 0.6) is 5.75 Å². The number of nitrogens with one attached hydrogen (secondary N) is 1. The summed E-state index contributed by atoms with van der Waals surface area (Å²) in [5.74, 6) is -0.0915. The molecule has 0 bridgehead atoms. The zero-order chi connectivity index (χ0) is 15.3. The molecule has 8 heteroatoms. The van der Waals surface area contributed by atoms with Gasteiger partial charge in [-0.15, -0.1) is 0 Å². The van der Waals surface area contributed by atoms with Crippen LogP contribution in [-0.4, -0.2) is 52.1 Å². The lowest BCUT2D eigenvalue weighted by Crippen LogP contribution is -2.33. The molecule has 0 aliphatic carbocycles.